The molecular formula is C31H22FN5O4. The third-order valence-corrected chi connectivity index (χ3v) is 6.45. The van der Waals surface area contributed by atoms with Gasteiger partial charge in [-0.15, -0.1) is 0 Å². The number of carbonyl (C=O) groups is 1. The van der Waals surface area contributed by atoms with Crippen LogP contribution in [-0.4, -0.2) is 32.2 Å². The van der Waals surface area contributed by atoms with Gasteiger partial charge in [0.15, 0.2) is 17.3 Å². The number of halogens is 1. The number of amides is 1. The second-order valence-corrected chi connectivity index (χ2v) is 8.93. The van der Waals surface area contributed by atoms with Gasteiger partial charge in [0.1, 0.15) is 16.8 Å². The zero-order valence-corrected chi connectivity index (χ0v) is 21.7. The van der Waals surface area contributed by atoms with E-state index in [0.717, 1.165) is 17.2 Å². The van der Waals surface area contributed by atoms with Gasteiger partial charge in [-0.2, -0.15) is 5.10 Å². The Kier molecular flexibility index (Phi) is 6.70. The SMILES string of the molecule is COc1ccn(-c2ccccc2)c(=O)c1C(=O)Nc1ccc(Oc2ccnn3ccc(-c4ccncc4)c23)c(F)c1. The van der Waals surface area contributed by atoms with Crippen LogP contribution in [-0.2, 0) is 0 Å². The summed E-state index contributed by atoms with van der Waals surface area (Å²) in [6, 6.07) is 21.7. The van der Waals surface area contributed by atoms with Crippen molar-refractivity contribution < 1.29 is 18.7 Å². The molecule has 4 aromatic heterocycles. The molecule has 0 saturated carbocycles. The number of ether oxygens (including phenoxy) is 2. The smallest absolute Gasteiger partial charge is 0.271 e. The summed E-state index contributed by atoms with van der Waals surface area (Å²) < 4.78 is 29.5. The lowest BCUT2D eigenvalue weighted by Gasteiger charge is -2.13. The molecule has 0 aliphatic heterocycles. The van der Waals surface area contributed by atoms with E-state index in [1.54, 1.807) is 59.6 Å². The molecule has 10 heteroatoms. The summed E-state index contributed by atoms with van der Waals surface area (Å²) in [7, 11) is 1.37. The maximum Gasteiger partial charge on any atom is 0.271 e. The van der Waals surface area contributed by atoms with Crippen LogP contribution in [0, 0.1) is 5.82 Å². The van der Waals surface area contributed by atoms with E-state index >= 15 is 4.39 Å². The zero-order valence-electron chi connectivity index (χ0n) is 21.7. The van der Waals surface area contributed by atoms with Crippen molar-refractivity contribution in [3.05, 3.63) is 132 Å². The molecule has 0 saturated heterocycles. The van der Waals surface area contributed by atoms with Crippen molar-refractivity contribution in [2.75, 3.05) is 12.4 Å². The number of nitrogens with zero attached hydrogens (tertiary/aromatic N) is 4. The molecule has 4 heterocycles. The van der Waals surface area contributed by atoms with E-state index in [0.29, 0.717) is 17.0 Å². The van der Waals surface area contributed by atoms with Crippen molar-refractivity contribution in [3.63, 3.8) is 0 Å². The summed E-state index contributed by atoms with van der Waals surface area (Å²) in [6.07, 6.45) is 8.24. The Labute approximate surface area is 233 Å². The van der Waals surface area contributed by atoms with Gasteiger partial charge in [0.05, 0.1) is 13.3 Å². The minimum absolute atomic E-state index is 0.0540. The fourth-order valence-electron chi connectivity index (χ4n) is 4.53. The number of para-hydroxylation sites is 1. The molecule has 0 spiro atoms. The molecule has 1 amide bonds. The van der Waals surface area contributed by atoms with Gasteiger partial charge in [-0.3, -0.25) is 19.1 Å². The zero-order chi connectivity index (χ0) is 28.3. The number of methoxy groups -OCH3 is 1. The predicted molar refractivity (Wildman–Crippen MR) is 151 cm³/mol. The number of anilines is 1. The molecule has 0 aliphatic carbocycles. The summed E-state index contributed by atoms with van der Waals surface area (Å²) >= 11 is 0. The third kappa shape index (κ3) is 4.89. The van der Waals surface area contributed by atoms with E-state index in [9.17, 15) is 9.59 Å². The highest BCUT2D eigenvalue weighted by atomic mass is 19.1. The van der Waals surface area contributed by atoms with E-state index in [1.165, 1.54) is 36.1 Å². The van der Waals surface area contributed by atoms with Crippen molar-refractivity contribution in [2.24, 2.45) is 0 Å². The Bertz CT molecular complexity index is 1940. The quantitative estimate of drug-likeness (QED) is 0.274. The highest BCUT2D eigenvalue weighted by Gasteiger charge is 2.21. The first-order valence-electron chi connectivity index (χ1n) is 12.5. The molecule has 0 unspecified atom stereocenters. The average Bonchev–Trinajstić information content (AvgIpc) is 3.44. The van der Waals surface area contributed by atoms with Gasteiger partial charge in [-0.25, -0.2) is 8.91 Å². The van der Waals surface area contributed by atoms with Gasteiger partial charge in [0.2, 0.25) is 0 Å². The van der Waals surface area contributed by atoms with Crippen molar-refractivity contribution in [2.45, 2.75) is 0 Å². The van der Waals surface area contributed by atoms with Crippen LogP contribution in [0.5, 0.6) is 17.2 Å². The number of aromatic nitrogens is 4. The van der Waals surface area contributed by atoms with E-state index in [1.807, 2.05) is 24.3 Å². The molecule has 0 bridgehead atoms. The monoisotopic (exact) mass is 547 g/mol. The molecule has 9 nitrogen and oxygen atoms in total. The first kappa shape index (κ1) is 25.5. The number of hydrogen-bond donors (Lipinski definition) is 1. The van der Waals surface area contributed by atoms with Gasteiger partial charge in [0.25, 0.3) is 11.5 Å². The van der Waals surface area contributed by atoms with Crippen molar-refractivity contribution in [1.82, 2.24) is 19.2 Å². The van der Waals surface area contributed by atoms with Gasteiger partial charge in [-0.05, 0) is 54.1 Å². The topological polar surface area (TPSA) is 99.8 Å². The second-order valence-electron chi connectivity index (χ2n) is 8.93. The molecule has 202 valence electrons. The van der Waals surface area contributed by atoms with E-state index in [-0.39, 0.29) is 22.7 Å². The van der Waals surface area contributed by atoms with Crippen molar-refractivity contribution in [1.29, 1.82) is 0 Å². The molecule has 1 N–H and O–H groups in total. The van der Waals surface area contributed by atoms with Crippen LogP contribution in [0.3, 0.4) is 0 Å². The lowest BCUT2D eigenvalue weighted by atomic mass is 10.1. The second kappa shape index (κ2) is 10.8. The molecule has 0 atom stereocenters. The number of nitrogens with one attached hydrogen (secondary N) is 1. The van der Waals surface area contributed by atoms with Gasteiger partial charge >= 0.3 is 0 Å². The highest BCUT2D eigenvalue weighted by Crippen LogP contribution is 2.35. The van der Waals surface area contributed by atoms with Crippen LogP contribution in [0.4, 0.5) is 10.1 Å². The molecule has 2 aromatic carbocycles. The van der Waals surface area contributed by atoms with Crippen LogP contribution in [0.1, 0.15) is 10.4 Å². The van der Waals surface area contributed by atoms with E-state index in [4.69, 9.17) is 9.47 Å². The Morgan fingerprint density at radius 2 is 1.68 bits per heavy atom. The van der Waals surface area contributed by atoms with Crippen molar-refractivity contribution in [3.8, 4) is 34.1 Å². The normalized spacial score (nSPS) is 10.9. The largest absolute Gasteiger partial charge is 0.496 e. The molecule has 0 fully saturated rings. The van der Waals surface area contributed by atoms with Crippen LogP contribution in [0.15, 0.2) is 115 Å². The molecule has 41 heavy (non-hydrogen) atoms. The fraction of sp³-hybridized carbons (Fsp3) is 0.0323. The Morgan fingerprint density at radius 3 is 2.44 bits per heavy atom. The summed E-state index contributed by atoms with van der Waals surface area (Å²) in [6.45, 7) is 0. The maximum absolute atomic E-state index is 15.3. The maximum atomic E-state index is 15.3. The summed E-state index contributed by atoms with van der Waals surface area (Å²) in [5.41, 5.74) is 2.34. The first-order valence-corrected chi connectivity index (χ1v) is 12.5. The van der Waals surface area contributed by atoms with E-state index < -0.39 is 17.3 Å². The molecule has 6 aromatic rings. The molecular weight excluding hydrogens is 525 g/mol. The van der Waals surface area contributed by atoms with Crippen LogP contribution < -0.4 is 20.3 Å². The highest BCUT2D eigenvalue weighted by molar-refractivity contribution is 6.06. The minimum Gasteiger partial charge on any atom is -0.496 e. The Balaban J connectivity index is 1.28. The summed E-state index contributed by atoms with van der Waals surface area (Å²) in [5.74, 6) is -1.02. The lowest BCUT2D eigenvalue weighted by molar-refractivity contribution is 0.102. The number of pyridine rings is 2. The van der Waals surface area contributed by atoms with Crippen LogP contribution in [0.2, 0.25) is 0 Å². The standard InChI is InChI=1S/C31H22FN5O4/c1-40-26-13-17-36(22-5-3-2-4-6-22)31(39)28(26)30(38)35-21-7-8-25(24(32)19-21)41-27-11-16-34-37-18-12-23(29(27)37)20-9-14-33-15-10-20/h2-19H,1H3,(H,35,38). The fourth-order valence-corrected chi connectivity index (χ4v) is 4.53. The van der Waals surface area contributed by atoms with Gasteiger partial charge < -0.3 is 14.8 Å². The van der Waals surface area contributed by atoms with Crippen molar-refractivity contribution >= 4 is 17.1 Å². The first-order chi connectivity index (χ1) is 20.0. The number of benzene rings is 2. The van der Waals surface area contributed by atoms with Gasteiger partial charge in [0, 0.05) is 53.9 Å². The number of hydrogen-bond acceptors (Lipinski definition) is 6. The third-order valence-electron chi connectivity index (χ3n) is 6.45. The van der Waals surface area contributed by atoms with Crippen LogP contribution >= 0.6 is 0 Å². The summed E-state index contributed by atoms with van der Waals surface area (Å²) in [4.78, 5) is 30.5. The number of fused-ring (bicyclic) bond motifs is 1. The summed E-state index contributed by atoms with van der Waals surface area (Å²) in [5, 5.41) is 6.91. The van der Waals surface area contributed by atoms with E-state index in [2.05, 4.69) is 15.4 Å². The number of carbonyl (C=O) groups excluding carboxylic acids is 1. The Morgan fingerprint density at radius 1 is 0.878 bits per heavy atom. The van der Waals surface area contributed by atoms with Gasteiger partial charge in [-0.1, -0.05) is 18.2 Å². The Hall–Kier alpha value is -5.77. The molecule has 0 aliphatic rings. The number of rotatable bonds is 7. The predicted octanol–water partition coefficient (Wildman–Crippen LogP) is 5.74. The molecule has 6 rings (SSSR count). The molecule has 0 radical (unpaired) electrons. The minimum atomic E-state index is -0.740. The van der Waals surface area contributed by atoms with Crippen LogP contribution in [0.25, 0.3) is 22.3 Å². The lowest BCUT2D eigenvalue weighted by Crippen LogP contribution is -2.28. The average molecular weight is 548 g/mol.